The minimum absolute atomic E-state index is 0.0165. The third-order valence-electron chi connectivity index (χ3n) is 3.08. The smallest absolute Gasteiger partial charge is 0.220 e. The van der Waals surface area contributed by atoms with E-state index < -0.39 is 0 Å². The highest BCUT2D eigenvalue weighted by Crippen LogP contribution is 2.35. The van der Waals surface area contributed by atoms with Crippen LogP contribution in [0.4, 0.5) is 0 Å². The molecule has 0 aliphatic carbocycles. The van der Waals surface area contributed by atoms with Crippen molar-refractivity contribution in [3.05, 3.63) is 0 Å². The zero-order chi connectivity index (χ0) is 11.5. The van der Waals surface area contributed by atoms with Crippen LogP contribution in [-0.4, -0.2) is 25.2 Å². The van der Waals surface area contributed by atoms with E-state index in [1.54, 1.807) is 0 Å². The van der Waals surface area contributed by atoms with Crippen molar-refractivity contribution in [1.29, 1.82) is 0 Å². The van der Waals surface area contributed by atoms with Gasteiger partial charge < -0.3 is 10.1 Å². The zero-order valence-electron chi connectivity index (χ0n) is 10.3. The summed E-state index contributed by atoms with van der Waals surface area (Å²) >= 11 is 0. The Labute approximate surface area is 92.6 Å². The lowest BCUT2D eigenvalue weighted by Gasteiger charge is -2.30. The maximum Gasteiger partial charge on any atom is 0.220 e. The van der Waals surface area contributed by atoms with Gasteiger partial charge in [0, 0.05) is 24.5 Å². The van der Waals surface area contributed by atoms with Gasteiger partial charge in [-0.05, 0) is 19.3 Å². The summed E-state index contributed by atoms with van der Waals surface area (Å²) in [5, 5.41) is 3.07. The number of hydrogen-bond acceptors (Lipinski definition) is 2. The van der Waals surface area contributed by atoms with Gasteiger partial charge >= 0.3 is 0 Å². The van der Waals surface area contributed by atoms with Crippen LogP contribution in [0.5, 0.6) is 0 Å². The van der Waals surface area contributed by atoms with Gasteiger partial charge in [0.15, 0.2) is 0 Å². The van der Waals surface area contributed by atoms with Gasteiger partial charge in [0.1, 0.15) is 0 Å². The molecular formula is C12H23NO2. The van der Waals surface area contributed by atoms with Crippen LogP contribution < -0.4 is 5.32 Å². The molecule has 0 aromatic carbocycles. The van der Waals surface area contributed by atoms with Crippen LogP contribution in [0.3, 0.4) is 0 Å². The third-order valence-corrected chi connectivity index (χ3v) is 3.08. The molecule has 1 amide bonds. The molecule has 2 atom stereocenters. The molecule has 1 rings (SSSR count). The zero-order valence-corrected chi connectivity index (χ0v) is 10.3. The lowest BCUT2D eigenvalue weighted by molar-refractivity contribution is -0.120. The Morgan fingerprint density at radius 2 is 2.27 bits per heavy atom. The monoisotopic (exact) mass is 213 g/mol. The molecule has 0 aromatic rings. The molecule has 2 unspecified atom stereocenters. The Hall–Kier alpha value is -0.570. The Morgan fingerprint density at radius 3 is 2.80 bits per heavy atom. The normalized spacial score (nSPS) is 31.0. The number of nitrogens with one attached hydrogen (secondary N) is 1. The van der Waals surface area contributed by atoms with E-state index in [0.717, 1.165) is 13.0 Å². The first kappa shape index (κ1) is 12.5. The standard InChI is InChI=1S/C12H23NO2/c1-5-15-8-12(4)7-11(14)13-10(12)6-9(2)3/h9-10H,5-8H2,1-4H3,(H,13,14). The van der Waals surface area contributed by atoms with Crippen molar-refractivity contribution in [2.45, 2.75) is 46.6 Å². The van der Waals surface area contributed by atoms with Crippen molar-refractivity contribution in [3.63, 3.8) is 0 Å². The Morgan fingerprint density at radius 1 is 1.60 bits per heavy atom. The maximum atomic E-state index is 11.4. The average molecular weight is 213 g/mol. The molecule has 88 valence electrons. The van der Waals surface area contributed by atoms with Crippen LogP contribution in [0.2, 0.25) is 0 Å². The molecule has 1 saturated heterocycles. The largest absolute Gasteiger partial charge is 0.381 e. The summed E-state index contributed by atoms with van der Waals surface area (Å²) in [6, 6.07) is 0.275. The molecule has 1 heterocycles. The van der Waals surface area contributed by atoms with Crippen molar-refractivity contribution in [3.8, 4) is 0 Å². The van der Waals surface area contributed by atoms with E-state index in [9.17, 15) is 4.79 Å². The minimum Gasteiger partial charge on any atom is -0.381 e. The van der Waals surface area contributed by atoms with Gasteiger partial charge in [0.2, 0.25) is 5.91 Å². The second kappa shape index (κ2) is 4.97. The van der Waals surface area contributed by atoms with Gasteiger partial charge in [-0.25, -0.2) is 0 Å². The van der Waals surface area contributed by atoms with Gasteiger partial charge in [-0.1, -0.05) is 20.8 Å². The fraction of sp³-hybridized carbons (Fsp3) is 0.917. The molecule has 1 aliphatic rings. The number of hydrogen-bond donors (Lipinski definition) is 1. The minimum atomic E-state index is -0.0165. The number of carbonyl (C=O) groups is 1. The lowest BCUT2D eigenvalue weighted by atomic mass is 9.80. The molecule has 3 heteroatoms. The summed E-state index contributed by atoms with van der Waals surface area (Å²) in [5.41, 5.74) is -0.0165. The second-order valence-electron chi connectivity index (χ2n) is 5.22. The first-order chi connectivity index (χ1) is 6.98. The topological polar surface area (TPSA) is 38.3 Å². The number of carbonyl (C=O) groups excluding carboxylic acids is 1. The van der Waals surface area contributed by atoms with E-state index >= 15 is 0 Å². The molecular weight excluding hydrogens is 190 g/mol. The highest BCUT2D eigenvalue weighted by Gasteiger charge is 2.43. The van der Waals surface area contributed by atoms with Gasteiger partial charge in [-0.3, -0.25) is 4.79 Å². The van der Waals surface area contributed by atoms with Crippen molar-refractivity contribution >= 4 is 5.91 Å². The first-order valence-corrected chi connectivity index (χ1v) is 5.85. The van der Waals surface area contributed by atoms with Crippen LogP contribution in [0.15, 0.2) is 0 Å². The van der Waals surface area contributed by atoms with Crippen LogP contribution in [0.1, 0.15) is 40.5 Å². The van der Waals surface area contributed by atoms with E-state index in [0.29, 0.717) is 18.9 Å². The summed E-state index contributed by atoms with van der Waals surface area (Å²) in [4.78, 5) is 11.4. The van der Waals surface area contributed by atoms with Crippen molar-refractivity contribution in [1.82, 2.24) is 5.32 Å². The number of amides is 1. The Balaban J connectivity index is 2.61. The van der Waals surface area contributed by atoms with E-state index in [-0.39, 0.29) is 17.4 Å². The van der Waals surface area contributed by atoms with Crippen molar-refractivity contribution in [2.24, 2.45) is 11.3 Å². The summed E-state index contributed by atoms with van der Waals surface area (Å²) in [5.74, 6) is 0.775. The molecule has 1 N–H and O–H groups in total. The second-order valence-corrected chi connectivity index (χ2v) is 5.22. The fourth-order valence-corrected chi connectivity index (χ4v) is 2.21. The maximum absolute atomic E-state index is 11.4. The fourth-order valence-electron chi connectivity index (χ4n) is 2.21. The van der Waals surface area contributed by atoms with Gasteiger partial charge in [0.25, 0.3) is 0 Å². The SMILES string of the molecule is CCOCC1(C)CC(=O)NC1CC(C)C. The van der Waals surface area contributed by atoms with Crippen molar-refractivity contribution < 1.29 is 9.53 Å². The molecule has 0 radical (unpaired) electrons. The molecule has 0 bridgehead atoms. The third kappa shape index (κ3) is 3.20. The predicted octanol–water partition coefficient (Wildman–Crippen LogP) is 1.96. The van der Waals surface area contributed by atoms with Gasteiger partial charge in [-0.2, -0.15) is 0 Å². The Kier molecular flexibility index (Phi) is 4.14. The molecule has 0 saturated carbocycles. The Bertz CT molecular complexity index is 228. The highest BCUT2D eigenvalue weighted by molar-refractivity contribution is 5.79. The number of rotatable bonds is 5. The first-order valence-electron chi connectivity index (χ1n) is 5.85. The molecule has 0 aromatic heterocycles. The highest BCUT2D eigenvalue weighted by atomic mass is 16.5. The summed E-state index contributed by atoms with van der Waals surface area (Å²) < 4.78 is 5.49. The lowest BCUT2D eigenvalue weighted by Crippen LogP contribution is -2.39. The predicted molar refractivity (Wildman–Crippen MR) is 60.6 cm³/mol. The van der Waals surface area contributed by atoms with Crippen LogP contribution >= 0.6 is 0 Å². The molecule has 15 heavy (non-hydrogen) atoms. The van der Waals surface area contributed by atoms with Gasteiger partial charge in [0.05, 0.1) is 6.61 Å². The van der Waals surface area contributed by atoms with Crippen molar-refractivity contribution in [2.75, 3.05) is 13.2 Å². The summed E-state index contributed by atoms with van der Waals surface area (Å²) in [6.45, 7) is 9.91. The molecule has 1 fully saturated rings. The van der Waals surface area contributed by atoms with Crippen LogP contribution in [0, 0.1) is 11.3 Å². The summed E-state index contributed by atoms with van der Waals surface area (Å²) in [7, 11) is 0. The summed E-state index contributed by atoms with van der Waals surface area (Å²) in [6.07, 6.45) is 1.64. The quantitative estimate of drug-likeness (QED) is 0.758. The van der Waals surface area contributed by atoms with E-state index in [2.05, 4.69) is 26.1 Å². The molecule has 0 spiro atoms. The van der Waals surface area contributed by atoms with E-state index in [1.807, 2.05) is 6.92 Å². The van der Waals surface area contributed by atoms with E-state index in [1.165, 1.54) is 0 Å². The molecule has 1 aliphatic heterocycles. The van der Waals surface area contributed by atoms with Crippen LogP contribution in [-0.2, 0) is 9.53 Å². The van der Waals surface area contributed by atoms with Crippen LogP contribution in [0.25, 0.3) is 0 Å². The average Bonchev–Trinajstić information content (AvgIpc) is 2.38. The number of ether oxygens (including phenoxy) is 1. The molecule has 3 nitrogen and oxygen atoms in total. The van der Waals surface area contributed by atoms with E-state index in [4.69, 9.17) is 4.74 Å². The van der Waals surface area contributed by atoms with Gasteiger partial charge in [-0.15, -0.1) is 0 Å².